The molecule has 0 saturated carbocycles. The van der Waals surface area contributed by atoms with Gasteiger partial charge in [0.25, 0.3) is 0 Å². The summed E-state index contributed by atoms with van der Waals surface area (Å²) in [6.45, 7) is 2.70. The third-order valence-electron chi connectivity index (χ3n) is 2.76. The van der Waals surface area contributed by atoms with Crippen molar-refractivity contribution < 1.29 is 4.74 Å². The molecule has 1 aromatic rings. The standard InChI is InChI=1S/C12H17ClN2OS2/c1-3-9-11(18-5-4-17-9)12-14-8(7-16-2)6-10(13)15-12/h6,9,11H,3-5,7H2,1-2H3. The maximum absolute atomic E-state index is 6.07. The molecule has 1 fully saturated rings. The van der Waals surface area contributed by atoms with Gasteiger partial charge in [0, 0.05) is 23.9 Å². The molecule has 0 amide bonds. The summed E-state index contributed by atoms with van der Waals surface area (Å²) in [5.41, 5.74) is 0.860. The average molecular weight is 305 g/mol. The lowest BCUT2D eigenvalue weighted by atomic mass is 10.2. The smallest absolute Gasteiger partial charge is 0.144 e. The predicted molar refractivity (Wildman–Crippen MR) is 79.5 cm³/mol. The molecule has 0 bridgehead atoms. The molecule has 1 aliphatic heterocycles. The summed E-state index contributed by atoms with van der Waals surface area (Å²) in [6, 6.07) is 1.77. The minimum Gasteiger partial charge on any atom is -0.378 e. The summed E-state index contributed by atoms with van der Waals surface area (Å²) < 4.78 is 5.12. The molecule has 2 heterocycles. The van der Waals surface area contributed by atoms with Gasteiger partial charge < -0.3 is 4.74 Å². The van der Waals surface area contributed by atoms with Gasteiger partial charge in [-0.15, -0.1) is 11.8 Å². The topological polar surface area (TPSA) is 35.0 Å². The first kappa shape index (κ1) is 14.4. The number of halogens is 1. The SMILES string of the molecule is CCC1SCCSC1c1nc(Cl)cc(COC)n1. The maximum atomic E-state index is 6.07. The van der Waals surface area contributed by atoms with Crippen LogP contribution in [0.2, 0.25) is 5.15 Å². The van der Waals surface area contributed by atoms with Crippen molar-refractivity contribution in [2.75, 3.05) is 18.6 Å². The number of hydrogen-bond acceptors (Lipinski definition) is 5. The lowest BCUT2D eigenvalue weighted by Crippen LogP contribution is -2.21. The van der Waals surface area contributed by atoms with Crippen LogP contribution in [-0.2, 0) is 11.3 Å². The van der Waals surface area contributed by atoms with Crippen molar-refractivity contribution >= 4 is 35.1 Å². The van der Waals surface area contributed by atoms with E-state index in [-0.39, 0.29) is 0 Å². The molecule has 100 valence electrons. The molecule has 2 unspecified atom stereocenters. The second kappa shape index (κ2) is 6.98. The van der Waals surface area contributed by atoms with Crippen LogP contribution in [0.5, 0.6) is 0 Å². The lowest BCUT2D eigenvalue weighted by molar-refractivity contribution is 0.181. The maximum Gasteiger partial charge on any atom is 0.144 e. The molecular formula is C12H17ClN2OS2. The van der Waals surface area contributed by atoms with Crippen molar-refractivity contribution in [3.05, 3.63) is 22.7 Å². The monoisotopic (exact) mass is 304 g/mol. The predicted octanol–water partition coefficient (Wildman–Crippen LogP) is 3.58. The highest BCUT2D eigenvalue weighted by molar-refractivity contribution is 8.06. The third kappa shape index (κ3) is 3.53. The lowest BCUT2D eigenvalue weighted by Gasteiger charge is -2.28. The van der Waals surface area contributed by atoms with Crippen molar-refractivity contribution in [2.24, 2.45) is 0 Å². The van der Waals surface area contributed by atoms with Gasteiger partial charge in [-0.25, -0.2) is 9.97 Å². The molecule has 0 radical (unpaired) electrons. The third-order valence-corrected chi connectivity index (χ3v) is 6.20. The van der Waals surface area contributed by atoms with Crippen molar-refractivity contribution in [1.29, 1.82) is 0 Å². The van der Waals surface area contributed by atoms with E-state index in [9.17, 15) is 0 Å². The average Bonchev–Trinajstić information content (AvgIpc) is 2.38. The zero-order chi connectivity index (χ0) is 13.0. The molecule has 2 rings (SSSR count). The van der Waals surface area contributed by atoms with Crippen LogP contribution < -0.4 is 0 Å². The molecule has 1 aliphatic rings. The zero-order valence-electron chi connectivity index (χ0n) is 10.6. The largest absolute Gasteiger partial charge is 0.378 e. The van der Waals surface area contributed by atoms with Crippen molar-refractivity contribution in [1.82, 2.24) is 9.97 Å². The Labute approximate surface area is 121 Å². The number of aromatic nitrogens is 2. The second-order valence-electron chi connectivity index (χ2n) is 4.08. The Bertz CT molecular complexity index is 406. The van der Waals surface area contributed by atoms with Crippen LogP contribution in [0, 0.1) is 0 Å². The minimum atomic E-state index is 0.350. The van der Waals surface area contributed by atoms with Crippen LogP contribution >= 0.6 is 35.1 Å². The van der Waals surface area contributed by atoms with Crippen LogP contribution in [0.15, 0.2) is 6.07 Å². The van der Waals surface area contributed by atoms with E-state index in [1.54, 1.807) is 13.2 Å². The number of nitrogens with zero attached hydrogens (tertiary/aromatic N) is 2. The van der Waals surface area contributed by atoms with Crippen LogP contribution in [0.1, 0.15) is 30.1 Å². The van der Waals surface area contributed by atoms with Gasteiger partial charge in [-0.2, -0.15) is 11.8 Å². The van der Waals surface area contributed by atoms with Gasteiger partial charge >= 0.3 is 0 Å². The van der Waals surface area contributed by atoms with Gasteiger partial charge in [-0.3, -0.25) is 0 Å². The first-order valence-electron chi connectivity index (χ1n) is 6.00. The van der Waals surface area contributed by atoms with E-state index >= 15 is 0 Å². The molecule has 6 heteroatoms. The summed E-state index contributed by atoms with van der Waals surface area (Å²) in [5, 5.41) is 1.44. The fourth-order valence-electron chi connectivity index (χ4n) is 1.97. The summed E-state index contributed by atoms with van der Waals surface area (Å²) >= 11 is 10.0. The van der Waals surface area contributed by atoms with Crippen molar-refractivity contribution in [3.63, 3.8) is 0 Å². The Balaban J connectivity index is 2.24. The van der Waals surface area contributed by atoms with Crippen LogP contribution in [0.4, 0.5) is 0 Å². The molecule has 0 spiro atoms. The van der Waals surface area contributed by atoms with Gasteiger partial charge in [-0.05, 0) is 12.5 Å². The first-order chi connectivity index (χ1) is 8.74. The van der Waals surface area contributed by atoms with Gasteiger partial charge in [0.05, 0.1) is 17.6 Å². The molecular weight excluding hydrogens is 288 g/mol. The summed E-state index contributed by atoms with van der Waals surface area (Å²) in [4.78, 5) is 8.99. The Morgan fingerprint density at radius 3 is 2.89 bits per heavy atom. The summed E-state index contributed by atoms with van der Waals surface area (Å²) in [5.74, 6) is 3.23. The highest BCUT2D eigenvalue weighted by Crippen LogP contribution is 2.42. The second-order valence-corrected chi connectivity index (χ2v) is 7.07. The Kier molecular flexibility index (Phi) is 5.60. The quantitative estimate of drug-likeness (QED) is 0.795. The van der Waals surface area contributed by atoms with Crippen LogP contribution in [-0.4, -0.2) is 33.8 Å². The molecule has 2 atom stereocenters. The number of thioether (sulfide) groups is 2. The number of hydrogen-bond donors (Lipinski definition) is 0. The molecule has 3 nitrogen and oxygen atoms in total. The van der Waals surface area contributed by atoms with Gasteiger partial charge in [-0.1, -0.05) is 18.5 Å². The Morgan fingerprint density at radius 2 is 2.17 bits per heavy atom. The number of ether oxygens (including phenoxy) is 1. The van der Waals surface area contributed by atoms with Crippen molar-refractivity contribution in [3.8, 4) is 0 Å². The normalized spacial score (nSPS) is 24.2. The zero-order valence-corrected chi connectivity index (χ0v) is 12.9. The minimum absolute atomic E-state index is 0.350. The Hall–Kier alpha value is 0.0300. The molecule has 0 aliphatic carbocycles. The van der Waals surface area contributed by atoms with Crippen LogP contribution in [0.3, 0.4) is 0 Å². The van der Waals surface area contributed by atoms with E-state index in [1.165, 1.54) is 5.75 Å². The summed E-state index contributed by atoms with van der Waals surface area (Å²) in [7, 11) is 1.66. The number of rotatable bonds is 4. The van der Waals surface area contributed by atoms with Gasteiger partial charge in [0.15, 0.2) is 0 Å². The highest BCUT2D eigenvalue weighted by Gasteiger charge is 2.29. The van der Waals surface area contributed by atoms with Gasteiger partial charge in [0.2, 0.25) is 0 Å². The fraction of sp³-hybridized carbons (Fsp3) is 0.667. The molecule has 1 aromatic heterocycles. The van der Waals surface area contributed by atoms with E-state index in [0.717, 1.165) is 23.7 Å². The highest BCUT2D eigenvalue weighted by atomic mass is 35.5. The molecule has 0 aromatic carbocycles. The number of methoxy groups -OCH3 is 1. The first-order valence-corrected chi connectivity index (χ1v) is 8.47. The Morgan fingerprint density at radius 1 is 1.39 bits per heavy atom. The van der Waals surface area contributed by atoms with E-state index in [0.29, 0.717) is 22.3 Å². The van der Waals surface area contributed by atoms with Gasteiger partial charge in [0.1, 0.15) is 11.0 Å². The van der Waals surface area contributed by atoms with E-state index in [1.807, 2.05) is 23.5 Å². The summed E-state index contributed by atoms with van der Waals surface area (Å²) in [6.07, 6.45) is 1.14. The molecule has 1 saturated heterocycles. The van der Waals surface area contributed by atoms with E-state index < -0.39 is 0 Å². The fourth-order valence-corrected chi connectivity index (χ4v) is 5.18. The van der Waals surface area contributed by atoms with E-state index in [4.69, 9.17) is 16.3 Å². The van der Waals surface area contributed by atoms with E-state index in [2.05, 4.69) is 16.9 Å². The molecule has 18 heavy (non-hydrogen) atoms. The van der Waals surface area contributed by atoms with Crippen LogP contribution in [0.25, 0.3) is 0 Å². The van der Waals surface area contributed by atoms with Crippen molar-refractivity contribution in [2.45, 2.75) is 30.5 Å². The molecule has 0 N–H and O–H groups in total.